The summed E-state index contributed by atoms with van der Waals surface area (Å²) in [5.41, 5.74) is 1.13. The van der Waals surface area contributed by atoms with Gasteiger partial charge in [-0.15, -0.1) is 0 Å². The first-order valence-corrected chi connectivity index (χ1v) is 6.63. The van der Waals surface area contributed by atoms with E-state index in [-0.39, 0.29) is 16.4 Å². The molecule has 0 aliphatic rings. The second-order valence-corrected chi connectivity index (χ2v) is 5.05. The molecule has 114 valence electrons. The average molecular weight is 326 g/mol. The van der Waals surface area contributed by atoms with Crippen molar-refractivity contribution in [2.45, 2.75) is 20.0 Å². The van der Waals surface area contributed by atoms with Gasteiger partial charge in [-0.1, -0.05) is 11.6 Å². The molecule has 7 heteroatoms. The molecule has 0 unspecified atom stereocenters. The van der Waals surface area contributed by atoms with Crippen LogP contribution in [-0.4, -0.2) is 4.98 Å². The lowest BCUT2D eigenvalue weighted by atomic mass is 10.1. The van der Waals surface area contributed by atoms with Crippen molar-refractivity contribution in [1.82, 2.24) is 4.98 Å². The molecule has 0 atom stereocenters. The maximum absolute atomic E-state index is 12.5. The molecule has 0 radical (unpaired) electrons. The van der Waals surface area contributed by atoms with Gasteiger partial charge in [0, 0.05) is 11.4 Å². The Morgan fingerprint density at radius 3 is 2.27 bits per heavy atom. The average Bonchev–Trinajstić information content (AvgIpc) is 2.45. The van der Waals surface area contributed by atoms with Crippen LogP contribution in [0.1, 0.15) is 22.4 Å². The molecule has 2 rings (SSSR count). The summed E-state index contributed by atoms with van der Waals surface area (Å²) in [5, 5.41) is 12.3. The molecular formula is C15H11ClF3N3. The number of benzene rings is 1. The first-order valence-electron chi connectivity index (χ1n) is 6.25. The van der Waals surface area contributed by atoms with Gasteiger partial charge in [0.15, 0.2) is 0 Å². The van der Waals surface area contributed by atoms with Gasteiger partial charge < -0.3 is 5.32 Å². The molecule has 0 fully saturated rings. The predicted octanol–water partition coefficient (Wildman–Crippen LogP) is 4.99. The first-order chi connectivity index (χ1) is 10.2. The summed E-state index contributed by atoms with van der Waals surface area (Å²) in [6.45, 7) is 3.48. The number of aromatic nitrogens is 1. The smallest absolute Gasteiger partial charge is 0.339 e. The third kappa shape index (κ3) is 3.15. The van der Waals surface area contributed by atoms with E-state index in [4.69, 9.17) is 11.6 Å². The minimum atomic E-state index is -4.39. The number of nitrogens with one attached hydrogen (secondary N) is 1. The molecule has 0 bridgehead atoms. The molecule has 1 N–H and O–H groups in total. The fourth-order valence-electron chi connectivity index (χ4n) is 1.83. The van der Waals surface area contributed by atoms with Crippen molar-refractivity contribution < 1.29 is 13.2 Å². The van der Waals surface area contributed by atoms with Crippen LogP contribution in [0.5, 0.6) is 0 Å². The Morgan fingerprint density at radius 1 is 1.18 bits per heavy atom. The summed E-state index contributed by atoms with van der Waals surface area (Å²) in [5.74, 6) is 0.218. The van der Waals surface area contributed by atoms with Crippen molar-refractivity contribution in [3.8, 4) is 6.07 Å². The molecule has 0 spiro atoms. The Morgan fingerprint density at radius 2 is 1.77 bits per heavy atom. The highest BCUT2D eigenvalue weighted by molar-refractivity contribution is 6.33. The van der Waals surface area contributed by atoms with E-state index >= 15 is 0 Å². The minimum absolute atomic E-state index is 0.157. The Labute approximate surface area is 130 Å². The van der Waals surface area contributed by atoms with Crippen LogP contribution in [0.2, 0.25) is 5.02 Å². The molecule has 3 nitrogen and oxygen atoms in total. The highest BCUT2D eigenvalue weighted by Gasteiger charge is 2.30. The molecule has 0 amide bonds. The highest BCUT2D eigenvalue weighted by Crippen LogP contribution is 2.32. The fourth-order valence-corrected chi connectivity index (χ4v) is 2.10. The van der Waals surface area contributed by atoms with Gasteiger partial charge in [0.05, 0.1) is 10.6 Å². The number of hydrogen-bond donors (Lipinski definition) is 1. The number of anilines is 2. The van der Waals surface area contributed by atoms with Gasteiger partial charge in [0.2, 0.25) is 0 Å². The topological polar surface area (TPSA) is 48.7 Å². The molecule has 1 heterocycles. The number of alkyl halides is 3. The molecule has 1 aromatic carbocycles. The number of rotatable bonds is 2. The Balaban J connectivity index is 2.38. The molecule has 0 aliphatic carbocycles. The van der Waals surface area contributed by atoms with E-state index in [1.807, 2.05) is 6.07 Å². The number of hydrogen-bond acceptors (Lipinski definition) is 3. The number of aryl methyl sites for hydroxylation is 1. The van der Waals surface area contributed by atoms with Gasteiger partial charge in [-0.3, -0.25) is 0 Å². The minimum Gasteiger partial charge on any atom is -0.339 e. The van der Waals surface area contributed by atoms with Gasteiger partial charge >= 0.3 is 6.18 Å². The van der Waals surface area contributed by atoms with E-state index in [9.17, 15) is 18.4 Å². The zero-order valence-electron chi connectivity index (χ0n) is 11.7. The summed E-state index contributed by atoms with van der Waals surface area (Å²) in [4.78, 5) is 4.23. The Kier molecular flexibility index (Phi) is 4.29. The third-order valence-corrected chi connectivity index (χ3v) is 3.67. The van der Waals surface area contributed by atoms with E-state index in [1.54, 1.807) is 13.8 Å². The maximum Gasteiger partial charge on any atom is 0.416 e. The molecule has 1 aromatic heterocycles. The molecule has 2 aromatic rings. The summed E-state index contributed by atoms with van der Waals surface area (Å²) in [6.07, 6.45) is -4.39. The fraction of sp³-hybridized carbons (Fsp3) is 0.200. The second kappa shape index (κ2) is 5.85. The van der Waals surface area contributed by atoms with Gasteiger partial charge in [-0.25, -0.2) is 4.98 Å². The van der Waals surface area contributed by atoms with Crippen LogP contribution >= 0.6 is 11.6 Å². The second-order valence-electron chi connectivity index (χ2n) is 4.67. The maximum atomic E-state index is 12.5. The summed E-state index contributed by atoms with van der Waals surface area (Å²) in [7, 11) is 0. The largest absolute Gasteiger partial charge is 0.416 e. The van der Waals surface area contributed by atoms with E-state index < -0.39 is 11.7 Å². The van der Waals surface area contributed by atoms with Crippen LogP contribution in [0.3, 0.4) is 0 Å². The zero-order valence-corrected chi connectivity index (χ0v) is 12.5. The normalized spacial score (nSPS) is 11.1. The lowest BCUT2D eigenvalue weighted by Gasteiger charge is -2.13. The third-order valence-electron chi connectivity index (χ3n) is 3.19. The molecular weight excluding hydrogens is 315 g/mol. The van der Waals surface area contributed by atoms with Crippen LogP contribution in [0, 0.1) is 25.2 Å². The summed E-state index contributed by atoms with van der Waals surface area (Å²) >= 11 is 6.10. The lowest BCUT2D eigenvalue weighted by molar-refractivity contribution is -0.137. The molecule has 22 heavy (non-hydrogen) atoms. The molecule has 0 saturated heterocycles. The van der Waals surface area contributed by atoms with E-state index in [0.717, 1.165) is 12.1 Å². The van der Waals surface area contributed by atoms with Crippen molar-refractivity contribution in [2.24, 2.45) is 0 Å². The van der Waals surface area contributed by atoms with Crippen LogP contribution in [0.25, 0.3) is 0 Å². The van der Waals surface area contributed by atoms with Crippen molar-refractivity contribution in [2.75, 3.05) is 5.32 Å². The molecule has 0 saturated carbocycles. The SMILES string of the molecule is Cc1nc(Nc2ccc(C(F)(F)F)cc2)c(C#N)c(Cl)c1C. The quantitative estimate of drug-likeness (QED) is 0.846. The number of nitriles is 1. The van der Waals surface area contributed by atoms with Crippen LogP contribution in [-0.2, 0) is 6.18 Å². The Bertz CT molecular complexity index is 747. The summed E-state index contributed by atoms with van der Waals surface area (Å²) in [6, 6.07) is 6.41. The van der Waals surface area contributed by atoms with Crippen LogP contribution in [0.4, 0.5) is 24.7 Å². The van der Waals surface area contributed by atoms with Crippen molar-refractivity contribution in [1.29, 1.82) is 5.26 Å². The van der Waals surface area contributed by atoms with Gasteiger partial charge in [0.1, 0.15) is 17.5 Å². The highest BCUT2D eigenvalue weighted by atomic mass is 35.5. The van der Waals surface area contributed by atoms with Crippen molar-refractivity contribution in [3.63, 3.8) is 0 Å². The lowest BCUT2D eigenvalue weighted by Crippen LogP contribution is -2.05. The monoisotopic (exact) mass is 325 g/mol. The predicted molar refractivity (Wildman–Crippen MR) is 78.2 cm³/mol. The Hall–Kier alpha value is -2.26. The summed E-state index contributed by atoms with van der Waals surface area (Å²) < 4.78 is 37.6. The van der Waals surface area contributed by atoms with E-state index in [2.05, 4.69) is 10.3 Å². The zero-order chi connectivity index (χ0) is 16.5. The first kappa shape index (κ1) is 16.1. The van der Waals surface area contributed by atoms with Crippen molar-refractivity contribution in [3.05, 3.63) is 51.7 Å². The van der Waals surface area contributed by atoms with Crippen LogP contribution in [0.15, 0.2) is 24.3 Å². The van der Waals surface area contributed by atoms with Crippen LogP contribution < -0.4 is 5.32 Å². The molecule has 0 aliphatic heterocycles. The number of halogens is 4. The van der Waals surface area contributed by atoms with Crippen molar-refractivity contribution >= 4 is 23.1 Å². The number of pyridine rings is 1. The van der Waals surface area contributed by atoms with E-state index in [0.29, 0.717) is 16.9 Å². The van der Waals surface area contributed by atoms with Gasteiger partial charge in [-0.05, 0) is 43.7 Å². The van der Waals surface area contributed by atoms with E-state index in [1.165, 1.54) is 12.1 Å². The standard InChI is InChI=1S/C15H11ClF3N3/c1-8-9(2)21-14(12(7-20)13(8)16)22-11-5-3-10(4-6-11)15(17,18)19/h3-6H,1-2H3,(H,21,22). The van der Waals surface area contributed by atoms with Gasteiger partial charge in [0.25, 0.3) is 0 Å². The number of nitrogens with zero attached hydrogens (tertiary/aromatic N) is 2. The van der Waals surface area contributed by atoms with Gasteiger partial charge in [-0.2, -0.15) is 18.4 Å².